The fraction of sp³-hybridized carbons (Fsp3) is 0.429. The van der Waals surface area contributed by atoms with Crippen molar-refractivity contribution in [3.8, 4) is 11.5 Å². The molecule has 3 N–H and O–H groups in total. The number of hydrogen-bond donors (Lipinski definition) is 3. The lowest BCUT2D eigenvalue weighted by atomic mass is 9.97. The van der Waals surface area contributed by atoms with Gasteiger partial charge in [-0.2, -0.15) is 0 Å². The van der Waals surface area contributed by atoms with Crippen LogP contribution in [0, 0.1) is 5.92 Å². The number of amides is 4. The number of ether oxygens (including phenoxy) is 2. The minimum atomic E-state index is -1.20. The molecule has 4 amide bonds. The number of carbonyl (C=O) groups is 4. The molecule has 0 spiro atoms. The van der Waals surface area contributed by atoms with Gasteiger partial charge in [0, 0.05) is 12.1 Å². The molecule has 210 valence electrons. The second kappa shape index (κ2) is 14.4. The molecule has 2 aromatic carbocycles. The van der Waals surface area contributed by atoms with E-state index >= 15 is 0 Å². The number of likely N-dealkylation sites (N-methyl/N-ethyl adjacent to an activating group) is 1. The Bertz CT molecular complexity index is 1160. The van der Waals surface area contributed by atoms with E-state index in [9.17, 15) is 19.2 Å². The zero-order valence-corrected chi connectivity index (χ0v) is 23.1. The summed E-state index contributed by atoms with van der Waals surface area (Å²) in [6.07, 6.45) is 0.297. The SMILES string of the molecule is CC[C@H](C)[C@@H]1NC(=O)C[C@@H](C(=O)NCCOc2ccc(Cl)cc2)NC(=O)c2ccccc2OCCN(C)C1=O. The van der Waals surface area contributed by atoms with E-state index in [-0.39, 0.29) is 50.1 Å². The monoisotopic (exact) mass is 558 g/mol. The number of fused-ring (bicyclic) bond motifs is 1. The number of halogens is 1. The minimum Gasteiger partial charge on any atom is -0.492 e. The molecule has 0 radical (unpaired) electrons. The summed E-state index contributed by atoms with van der Waals surface area (Å²) in [5, 5.41) is 8.72. The summed E-state index contributed by atoms with van der Waals surface area (Å²) in [4.78, 5) is 54.0. The van der Waals surface area contributed by atoms with E-state index in [1.165, 1.54) is 4.90 Å². The van der Waals surface area contributed by atoms with E-state index in [4.69, 9.17) is 21.1 Å². The molecule has 39 heavy (non-hydrogen) atoms. The molecule has 1 heterocycles. The molecule has 1 aliphatic heterocycles. The third-order valence-corrected chi connectivity index (χ3v) is 6.73. The Hall–Kier alpha value is -3.79. The first-order valence-corrected chi connectivity index (χ1v) is 13.3. The first kappa shape index (κ1) is 29.8. The molecule has 1 aliphatic rings. The molecule has 0 unspecified atom stereocenters. The number of nitrogens with zero attached hydrogens (tertiary/aromatic N) is 1. The predicted molar refractivity (Wildman–Crippen MR) is 147 cm³/mol. The van der Waals surface area contributed by atoms with Crippen molar-refractivity contribution >= 4 is 35.2 Å². The lowest BCUT2D eigenvalue weighted by molar-refractivity contribution is -0.137. The van der Waals surface area contributed by atoms with Gasteiger partial charge in [-0.15, -0.1) is 0 Å². The van der Waals surface area contributed by atoms with Crippen LogP contribution in [0.1, 0.15) is 37.0 Å². The van der Waals surface area contributed by atoms with Gasteiger partial charge in [-0.25, -0.2) is 0 Å². The third-order valence-electron chi connectivity index (χ3n) is 6.48. The Kier molecular flexibility index (Phi) is 11.0. The lowest BCUT2D eigenvalue weighted by Gasteiger charge is -2.29. The quantitative estimate of drug-likeness (QED) is 0.448. The fourth-order valence-electron chi connectivity index (χ4n) is 3.96. The number of hydrogen-bond acceptors (Lipinski definition) is 6. The van der Waals surface area contributed by atoms with E-state index in [2.05, 4.69) is 16.0 Å². The highest BCUT2D eigenvalue weighted by atomic mass is 35.5. The van der Waals surface area contributed by atoms with Crippen LogP contribution in [0.4, 0.5) is 0 Å². The van der Waals surface area contributed by atoms with Crippen LogP contribution < -0.4 is 25.4 Å². The Morgan fingerprint density at radius 3 is 2.59 bits per heavy atom. The summed E-state index contributed by atoms with van der Waals surface area (Å²) in [6, 6.07) is 11.4. The highest BCUT2D eigenvalue weighted by Crippen LogP contribution is 2.19. The molecule has 2 aromatic rings. The van der Waals surface area contributed by atoms with Gasteiger partial charge in [0.25, 0.3) is 5.91 Å². The van der Waals surface area contributed by atoms with Crippen molar-refractivity contribution in [2.75, 3.05) is 33.4 Å². The highest BCUT2D eigenvalue weighted by Gasteiger charge is 2.32. The van der Waals surface area contributed by atoms with Crippen LogP contribution in [0.5, 0.6) is 11.5 Å². The van der Waals surface area contributed by atoms with Crippen molar-refractivity contribution in [2.45, 2.75) is 38.8 Å². The van der Waals surface area contributed by atoms with Crippen LogP contribution >= 0.6 is 11.6 Å². The number of nitrogens with one attached hydrogen (secondary N) is 3. The first-order valence-electron chi connectivity index (χ1n) is 12.9. The Labute approximate surface area is 233 Å². The van der Waals surface area contributed by atoms with Gasteiger partial charge in [0.15, 0.2) is 0 Å². The molecule has 10 nitrogen and oxygen atoms in total. The van der Waals surface area contributed by atoms with Crippen LogP contribution in [0.25, 0.3) is 0 Å². The van der Waals surface area contributed by atoms with Crippen molar-refractivity contribution < 1.29 is 28.7 Å². The molecule has 3 atom stereocenters. The second-order valence-electron chi connectivity index (χ2n) is 9.36. The van der Waals surface area contributed by atoms with Crippen LogP contribution in [-0.4, -0.2) is 74.0 Å². The summed E-state index contributed by atoms with van der Waals surface area (Å²) in [5.74, 6) is -1.15. The Morgan fingerprint density at radius 1 is 1.15 bits per heavy atom. The number of carbonyl (C=O) groups excluding carboxylic acids is 4. The maximum Gasteiger partial charge on any atom is 0.255 e. The van der Waals surface area contributed by atoms with Gasteiger partial charge < -0.3 is 30.3 Å². The lowest BCUT2D eigenvalue weighted by Crippen LogP contribution is -2.54. The first-order chi connectivity index (χ1) is 18.7. The number of rotatable bonds is 7. The normalized spacial score (nSPS) is 19.5. The largest absolute Gasteiger partial charge is 0.492 e. The van der Waals surface area contributed by atoms with Gasteiger partial charge in [-0.3, -0.25) is 19.2 Å². The molecule has 0 aromatic heterocycles. The molecule has 0 fully saturated rings. The van der Waals surface area contributed by atoms with Gasteiger partial charge in [0.05, 0.1) is 25.1 Å². The smallest absolute Gasteiger partial charge is 0.255 e. The zero-order valence-electron chi connectivity index (χ0n) is 22.4. The van der Waals surface area contributed by atoms with Gasteiger partial charge in [-0.1, -0.05) is 44.0 Å². The van der Waals surface area contributed by atoms with Crippen LogP contribution in [-0.2, 0) is 14.4 Å². The van der Waals surface area contributed by atoms with Gasteiger partial charge >= 0.3 is 0 Å². The van der Waals surface area contributed by atoms with Crippen LogP contribution in [0.15, 0.2) is 48.5 Å². The highest BCUT2D eigenvalue weighted by molar-refractivity contribution is 6.30. The zero-order chi connectivity index (χ0) is 28.4. The molecule has 0 saturated heterocycles. The van der Waals surface area contributed by atoms with Crippen molar-refractivity contribution in [3.05, 3.63) is 59.1 Å². The summed E-state index contributed by atoms with van der Waals surface area (Å²) in [5.41, 5.74) is 0.213. The van der Waals surface area contributed by atoms with Crippen molar-refractivity contribution in [1.82, 2.24) is 20.9 Å². The Balaban J connectivity index is 1.77. The molecular weight excluding hydrogens is 524 g/mol. The van der Waals surface area contributed by atoms with E-state index in [1.807, 2.05) is 13.8 Å². The summed E-state index contributed by atoms with van der Waals surface area (Å²) >= 11 is 5.88. The van der Waals surface area contributed by atoms with E-state index < -0.39 is 29.8 Å². The topological polar surface area (TPSA) is 126 Å². The number of benzene rings is 2. The standard InChI is InChI=1S/C28H35ClN4O6/c1-4-18(2)25-28(37)33(3)14-16-39-23-8-6-5-7-21(23)26(35)31-22(17-24(34)32-25)27(36)30-13-15-38-20-11-9-19(29)10-12-20/h5-12,18,22,25H,4,13-17H2,1-3H3,(H,30,36)(H,31,35)(H,32,34)/t18-,22-,25-/m0/s1. The van der Waals surface area contributed by atoms with Crippen molar-refractivity contribution in [2.24, 2.45) is 5.92 Å². The van der Waals surface area contributed by atoms with E-state index in [0.717, 1.165) is 0 Å². The average molecular weight is 559 g/mol. The van der Waals surface area contributed by atoms with Crippen LogP contribution in [0.3, 0.4) is 0 Å². The van der Waals surface area contributed by atoms with E-state index in [1.54, 1.807) is 55.6 Å². The maximum atomic E-state index is 13.2. The molecule has 0 aliphatic carbocycles. The molecule has 0 bridgehead atoms. The summed E-state index contributed by atoms with van der Waals surface area (Å²) < 4.78 is 11.4. The fourth-order valence-corrected chi connectivity index (χ4v) is 4.09. The maximum absolute atomic E-state index is 13.2. The average Bonchev–Trinajstić information content (AvgIpc) is 2.93. The number of para-hydroxylation sites is 1. The van der Waals surface area contributed by atoms with Gasteiger partial charge in [0.1, 0.15) is 36.8 Å². The molecule has 0 saturated carbocycles. The second-order valence-corrected chi connectivity index (χ2v) is 9.80. The third kappa shape index (κ3) is 8.61. The van der Waals surface area contributed by atoms with E-state index in [0.29, 0.717) is 22.9 Å². The van der Waals surface area contributed by atoms with Crippen molar-refractivity contribution in [3.63, 3.8) is 0 Å². The summed E-state index contributed by atoms with van der Waals surface area (Å²) in [7, 11) is 1.64. The predicted octanol–water partition coefficient (Wildman–Crippen LogP) is 2.41. The van der Waals surface area contributed by atoms with Gasteiger partial charge in [-0.05, 0) is 42.3 Å². The van der Waals surface area contributed by atoms with Crippen molar-refractivity contribution in [1.29, 1.82) is 0 Å². The van der Waals surface area contributed by atoms with Crippen LogP contribution in [0.2, 0.25) is 5.02 Å². The molecule has 11 heteroatoms. The Morgan fingerprint density at radius 2 is 1.87 bits per heavy atom. The summed E-state index contributed by atoms with van der Waals surface area (Å²) in [6.45, 7) is 4.50. The van der Waals surface area contributed by atoms with Gasteiger partial charge in [0.2, 0.25) is 17.7 Å². The minimum absolute atomic E-state index is 0.133. The molecule has 3 rings (SSSR count). The molecular formula is C28H35ClN4O6.